The first-order valence-corrected chi connectivity index (χ1v) is 10.3. The third kappa shape index (κ3) is 2.85. The van der Waals surface area contributed by atoms with E-state index in [9.17, 15) is 23.3 Å². The lowest BCUT2D eigenvalue weighted by Gasteiger charge is -2.24. The Morgan fingerprint density at radius 2 is 1.75 bits per heavy atom. The van der Waals surface area contributed by atoms with E-state index in [1.807, 2.05) is 0 Å². The monoisotopic (exact) mass is 403 g/mol. The fourth-order valence-electron chi connectivity index (χ4n) is 3.87. The Hall–Kier alpha value is -3.14. The van der Waals surface area contributed by atoms with Crippen LogP contribution >= 0.6 is 0 Å². The van der Waals surface area contributed by atoms with Crippen LogP contribution in [0, 0.1) is 10.1 Å². The molecule has 2 atom stereocenters. The standard InChI is InChI=1S/C18H17N3O6S/c1-27-17-8-3-2-7-14(17)20-16-11-28(25,26)10-15(16)19(18(20)22)12-5-4-6-13(9-12)21(23)24/h2-9,15-16H,10-11H2,1H3/t15-,16+/m1/s1. The van der Waals surface area contributed by atoms with Gasteiger partial charge in [-0.25, -0.2) is 13.2 Å². The number of sulfone groups is 1. The van der Waals surface area contributed by atoms with Gasteiger partial charge in [0.15, 0.2) is 9.84 Å². The molecule has 4 rings (SSSR count). The normalized spacial score (nSPS) is 23.0. The number of benzene rings is 2. The number of nitro groups is 1. The minimum absolute atomic E-state index is 0.168. The van der Waals surface area contributed by atoms with E-state index in [0.717, 1.165) is 0 Å². The second-order valence-corrected chi connectivity index (χ2v) is 8.84. The van der Waals surface area contributed by atoms with Crippen LogP contribution in [0.3, 0.4) is 0 Å². The van der Waals surface area contributed by atoms with Crippen molar-refractivity contribution in [2.75, 3.05) is 28.4 Å². The van der Waals surface area contributed by atoms with Gasteiger partial charge in [-0.05, 0) is 18.2 Å². The molecule has 2 amide bonds. The lowest BCUT2D eigenvalue weighted by atomic mass is 10.1. The molecule has 0 saturated carbocycles. The van der Waals surface area contributed by atoms with E-state index in [-0.39, 0.29) is 17.2 Å². The predicted octanol–water partition coefficient (Wildman–Crippen LogP) is 2.22. The number of anilines is 2. The number of hydrogen-bond acceptors (Lipinski definition) is 6. The second kappa shape index (κ2) is 6.48. The molecule has 2 heterocycles. The predicted molar refractivity (Wildman–Crippen MR) is 103 cm³/mol. The van der Waals surface area contributed by atoms with Gasteiger partial charge in [-0.15, -0.1) is 0 Å². The number of nitrogens with zero attached hydrogens (tertiary/aromatic N) is 3. The molecule has 2 aromatic carbocycles. The van der Waals surface area contributed by atoms with Gasteiger partial charge in [0, 0.05) is 12.1 Å². The van der Waals surface area contributed by atoms with Crippen LogP contribution < -0.4 is 14.5 Å². The van der Waals surface area contributed by atoms with Gasteiger partial charge in [0.05, 0.1) is 47.0 Å². The third-order valence-corrected chi connectivity index (χ3v) is 6.73. The van der Waals surface area contributed by atoms with Crippen LogP contribution in [0.15, 0.2) is 48.5 Å². The largest absolute Gasteiger partial charge is 0.495 e. The molecule has 2 aliphatic heterocycles. The summed E-state index contributed by atoms with van der Waals surface area (Å²) in [6, 6.07) is 10.9. The number of para-hydroxylation sites is 2. The van der Waals surface area contributed by atoms with Crippen molar-refractivity contribution in [1.82, 2.24) is 0 Å². The van der Waals surface area contributed by atoms with Gasteiger partial charge in [-0.3, -0.25) is 19.9 Å². The van der Waals surface area contributed by atoms with E-state index >= 15 is 0 Å². The molecule has 9 nitrogen and oxygen atoms in total. The van der Waals surface area contributed by atoms with Crippen molar-refractivity contribution >= 4 is 32.9 Å². The fourth-order valence-corrected chi connectivity index (χ4v) is 5.79. The maximum atomic E-state index is 13.3. The second-order valence-electron chi connectivity index (χ2n) is 6.68. The number of fused-ring (bicyclic) bond motifs is 1. The van der Waals surface area contributed by atoms with Crippen molar-refractivity contribution in [3.05, 3.63) is 58.6 Å². The van der Waals surface area contributed by atoms with E-state index < -0.39 is 32.9 Å². The van der Waals surface area contributed by atoms with Gasteiger partial charge in [0.2, 0.25) is 0 Å². The molecule has 2 aromatic rings. The van der Waals surface area contributed by atoms with Gasteiger partial charge >= 0.3 is 6.03 Å². The number of carbonyl (C=O) groups is 1. The van der Waals surface area contributed by atoms with Gasteiger partial charge in [-0.1, -0.05) is 18.2 Å². The molecule has 2 saturated heterocycles. The number of nitro benzene ring substituents is 1. The molecule has 2 fully saturated rings. The Balaban J connectivity index is 1.84. The van der Waals surface area contributed by atoms with Crippen LogP contribution in [-0.2, 0) is 9.84 Å². The van der Waals surface area contributed by atoms with Crippen molar-refractivity contribution in [3.63, 3.8) is 0 Å². The molecule has 0 aliphatic carbocycles. The van der Waals surface area contributed by atoms with E-state index in [4.69, 9.17) is 4.74 Å². The highest BCUT2D eigenvalue weighted by Gasteiger charge is 2.55. The number of hydrogen-bond donors (Lipinski definition) is 0. The number of rotatable bonds is 4. The van der Waals surface area contributed by atoms with Crippen molar-refractivity contribution in [2.24, 2.45) is 0 Å². The minimum Gasteiger partial charge on any atom is -0.495 e. The van der Waals surface area contributed by atoms with Gasteiger partial charge in [-0.2, -0.15) is 0 Å². The molecule has 0 bridgehead atoms. The number of amides is 2. The average Bonchev–Trinajstić information content (AvgIpc) is 3.10. The SMILES string of the molecule is COc1ccccc1N1C(=O)N(c2cccc([N+](=O)[O-])c2)[C@@H]2CS(=O)(=O)C[C@@H]21. The molecule has 2 aliphatic rings. The number of non-ortho nitro benzene ring substituents is 1. The van der Waals surface area contributed by atoms with Crippen LogP contribution in [0.2, 0.25) is 0 Å². The summed E-state index contributed by atoms with van der Waals surface area (Å²) in [5, 5.41) is 11.1. The van der Waals surface area contributed by atoms with Crippen molar-refractivity contribution in [3.8, 4) is 5.75 Å². The van der Waals surface area contributed by atoms with Gasteiger partial charge < -0.3 is 4.74 Å². The Labute approximate surface area is 161 Å². The van der Waals surface area contributed by atoms with Crippen molar-refractivity contribution in [1.29, 1.82) is 0 Å². The molecule has 0 unspecified atom stereocenters. The van der Waals surface area contributed by atoms with Gasteiger partial charge in [0.25, 0.3) is 5.69 Å². The van der Waals surface area contributed by atoms with E-state index in [0.29, 0.717) is 17.1 Å². The Bertz CT molecular complexity index is 1070. The van der Waals surface area contributed by atoms with Gasteiger partial charge in [0.1, 0.15) is 5.75 Å². The quantitative estimate of drug-likeness (QED) is 0.440. The molecule has 146 valence electrons. The zero-order chi connectivity index (χ0) is 20.1. The van der Waals surface area contributed by atoms with Crippen LogP contribution in [0.4, 0.5) is 21.9 Å². The fraction of sp³-hybridized carbons (Fsp3) is 0.278. The summed E-state index contributed by atoms with van der Waals surface area (Å²) in [5.74, 6) is 0.0738. The maximum Gasteiger partial charge on any atom is 0.329 e. The minimum atomic E-state index is -3.37. The summed E-state index contributed by atoms with van der Waals surface area (Å²) in [6.45, 7) is 0. The van der Waals surface area contributed by atoms with E-state index in [1.54, 1.807) is 30.3 Å². The van der Waals surface area contributed by atoms with Crippen LogP contribution in [-0.4, -0.2) is 50.1 Å². The lowest BCUT2D eigenvalue weighted by molar-refractivity contribution is -0.384. The Morgan fingerprint density at radius 3 is 2.43 bits per heavy atom. The molecule has 0 aromatic heterocycles. The Morgan fingerprint density at radius 1 is 1.07 bits per heavy atom. The zero-order valence-corrected chi connectivity index (χ0v) is 15.7. The molecular weight excluding hydrogens is 386 g/mol. The zero-order valence-electron chi connectivity index (χ0n) is 14.9. The van der Waals surface area contributed by atoms with E-state index in [2.05, 4.69) is 0 Å². The maximum absolute atomic E-state index is 13.3. The summed E-state index contributed by atoms with van der Waals surface area (Å²) < 4.78 is 30.0. The highest BCUT2D eigenvalue weighted by Crippen LogP contribution is 2.41. The molecule has 0 N–H and O–H groups in total. The Kier molecular flexibility index (Phi) is 4.22. The van der Waals surface area contributed by atoms with E-state index in [1.165, 1.54) is 35.1 Å². The highest BCUT2D eigenvalue weighted by atomic mass is 32.2. The van der Waals surface area contributed by atoms with Crippen LogP contribution in [0.1, 0.15) is 0 Å². The lowest BCUT2D eigenvalue weighted by Crippen LogP contribution is -2.38. The van der Waals surface area contributed by atoms with Crippen molar-refractivity contribution in [2.45, 2.75) is 12.1 Å². The first-order chi connectivity index (χ1) is 13.3. The van der Waals surface area contributed by atoms with Crippen LogP contribution in [0.5, 0.6) is 5.75 Å². The number of methoxy groups -OCH3 is 1. The summed E-state index contributed by atoms with van der Waals surface area (Å²) in [6.07, 6.45) is 0. The smallest absolute Gasteiger partial charge is 0.329 e. The molecular formula is C18H17N3O6S. The third-order valence-electron chi connectivity index (χ3n) is 5.03. The molecule has 10 heteroatoms. The first-order valence-electron chi connectivity index (χ1n) is 8.53. The number of urea groups is 1. The number of carbonyl (C=O) groups excluding carboxylic acids is 1. The number of ether oxygens (including phenoxy) is 1. The molecule has 28 heavy (non-hydrogen) atoms. The van der Waals surface area contributed by atoms with Crippen LogP contribution in [0.25, 0.3) is 0 Å². The van der Waals surface area contributed by atoms with Crippen molar-refractivity contribution < 1.29 is 22.9 Å². The summed E-state index contributed by atoms with van der Waals surface area (Å²) in [7, 11) is -1.89. The summed E-state index contributed by atoms with van der Waals surface area (Å²) in [4.78, 5) is 26.7. The summed E-state index contributed by atoms with van der Waals surface area (Å²) >= 11 is 0. The topological polar surface area (TPSA) is 110 Å². The molecule has 0 radical (unpaired) electrons. The first kappa shape index (κ1) is 18.2. The highest BCUT2D eigenvalue weighted by molar-refractivity contribution is 7.91. The average molecular weight is 403 g/mol. The molecule has 0 spiro atoms. The summed E-state index contributed by atoms with van der Waals surface area (Å²) in [5.41, 5.74) is 0.595.